The predicted molar refractivity (Wildman–Crippen MR) is 129 cm³/mol. The van der Waals surface area contributed by atoms with Crippen molar-refractivity contribution in [3.63, 3.8) is 0 Å². The Morgan fingerprint density at radius 1 is 1.06 bits per heavy atom. The van der Waals surface area contributed by atoms with Gasteiger partial charge in [0.1, 0.15) is 23.6 Å². The van der Waals surface area contributed by atoms with Gasteiger partial charge < -0.3 is 29.0 Å². The van der Waals surface area contributed by atoms with Crippen molar-refractivity contribution in [1.82, 2.24) is 4.90 Å². The highest BCUT2D eigenvalue weighted by atomic mass is 16.5. The summed E-state index contributed by atoms with van der Waals surface area (Å²) in [6.07, 6.45) is -0.304. The fourth-order valence-corrected chi connectivity index (χ4v) is 4.80. The molecular formula is C27H35NO6. The number of amides is 1. The Bertz CT molecular complexity index is 1010. The van der Waals surface area contributed by atoms with Crippen molar-refractivity contribution in [1.29, 1.82) is 0 Å². The van der Waals surface area contributed by atoms with Crippen LogP contribution >= 0.6 is 0 Å². The summed E-state index contributed by atoms with van der Waals surface area (Å²) in [7, 11) is 1.57. The van der Waals surface area contributed by atoms with E-state index in [-0.39, 0.29) is 18.1 Å². The van der Waals surface area contributed by atoms with Crippen molar-refractivity contribution in [2.24, 2.45) is 0 Å². The molecule has 1 fully saturated rings. The Labute approximate surface area is 201 Å². The van der Waals surface area contributed by atoms with Crippen LogP contribution in [0.15, 0.2) is 42.5 Å². The van der Waals surface area contributed by atoms with E-state index in [2.05, 4.69) is 0 Å². The number of para-hydroxylation sites is 1. The van der Waals surface area contributed by atoms with Crippen molar-refractivity contribution < 1.29 is 28.8 Å². The molecule has 7 nitrogen and oxygen atoms in total. The summed E-state index contributed by atoms with van der Waals surface area (Å²) in [4.78, 5) is 15.1. The minimum Gasteiger partial charge on any atom is -0.493 e. The molecule has 34 heavy (non-hydrogen) atoms. The fraction of sp³-hybridized carbons (Fsp3) is 0.519. The molecular weight excluding hydrogens is 434 g/mol. The standard InChI is InChI=1S/C27H35NO6/c1-17(2)32-22-11-10-19(16-23(22)31-5)26(30)28-14-12-27(13-15-28)25(29)24(33-18(3)4)20-8-6-7-9-21(20)34-27/h6-11,16-18,24-25,29H,12-15H2,1-5H3. The SMILES string of the molecule is COc1cc(C(=O)N2CCC3(CC2)Oc2ccccc2C(OC(C)C)C3O)ccc1OC(C)C. The van der Waals surface area contributed by atoms with Gasteiger partial charge >= 0.3 is 0 Å². The van der Waals surface area contributed by atoms with E-state index in [1.54, 1.807) is 30.2 Å². The molecule has 2 aromatic rings. The van der Waals surface area contributed by atoms with Crippen molar-refractivity contribution in [3.8, 4) is 17.2 Å². The van der Waals surface area contributed by atoms with Crippen molar-refractivity contribution in [3.05, 3.63) is 53.6 Å². The number of rotatable bonds is 6. The van der Waals surface area contributed by atoms with Gasteiger partial charge in [-0.2, -0.15) is 0 Å². The number of carbonyl (C=O) groups excluding carboxylic acids is 1. The summed E-state index contributed by atoms with van der Waals surface area (Å²) in [5.41, 5.74) is 0.612. The number of fused-ring (bicyclic) bond motifs is 1. The maximum absolute atomic E-state index is 13.3. The number of aliphatic hydroxyl groups excluding tert-OH is 1. The maximum atomic E-state index is 13.3. The zero-order valence-corrected chi connectivity index (χ0v) is 20.6. The Kier molecular flexibility index (Phi) is 7.05. The number of nitrogens with zero attached hydrogens (tertiary/aromatic N) is 1. The molecule has 4 rings (SSSR count). The molecule has 2 aliphatic heterocycles. The average Bonchev–Trinajstić information content (AvgIpc) is 2.82. The Balaban J connectivity index is 1.51. The smallest absolute Gasteiger partial charge is 0.253 e. The lowest BCUT2D eigenvalue weighted by atomic mass is 9.79. The molecule has 1 spiro atoms. The summed E-state index contributed by atoms with van der Waals surface area (Å²) in [5.74, 6) is 1.80. The molecule has 0 radical (unpaired) electrons. The summed E-state index contributed by atoms with van der Waals surface area (Å²) >= 11 is 0. The number of carbonyl (C=O) groups is 1. The quantitative estimate of drug-likeness (QED) is 0.677. The number of ether oxygens (including phenoxy) is 4. The minimum absolute atomic E-state index is 0.00397. The van der Waals surface area contributed by atoms with E-state index >= 15 is 0 Å². The Morgan fingerprint density at radius 2 is 1.76 bits per heavy atom. The molecule has 0 aliphatic carbocycles. The van der Waals surface area contributed by atoms with Crippen LogP contribution in [0.2, 0.25) is 0 Å². The van der Waals surface area contributed by atoms with E-state index in [4.69, 9.17) is 18.9 Å². The Morgan fingerprint density at radius 3 is 2.41 bits per heavy atom. The van der Waals surface area contributed by atoms with E-state index in [1.807, 2.05) is 52.0 Å². The number of likely N-dealkylation sites (tertiary alicyclic amines) is 1. The van der Waals surface area contributed by atoms with Crippen molar-refractivity contribution in [2.75, 3.05) is 20.2 Å². The van der Waals surface area contributed by atoms with E-state index in [0.717, 1.165) is 11.3 Å². The summed E-state index contributed by atoms with van der Waals surface area (Å²) in [6.45, 7) is 8.75. The van der Waals surface area contributed by atoms with Crippen LogP contribution in [0.1, 0.15) is 62.6 Å². The highest BCUT2D eigenvalue weighted by molar-refractivity contribution is 5.95. The zero-order chi connectivity index (χ0) is 24.5. The monoisotopic (exact) mass is 469 g/mol. The number of methoxy groups -OCH3 is 1. The predicted octanol–water partition coefficient (Wildman–Crippen LogP) is 4.38. The second-order valence-electron chi connectivity index (χ2n) is 9.58. The van der Waals surface area contributed by atoms with Gasteiger partial charge in [0, 0.05) is 37.1 Å². The molecule has 0 saturated carbocycles. The van der Waals surface area contributed by atoms with Gasteiger partial charge in [0.05, 0.1) is 19.3 Å². The topological polar surface area (TPSA) is 77.5 Å². The molecule has 184 valence electrons. The lowest BCUT2D eigenvalue weighted by Gasteiger charge is -2.50. The van der Waals surface area contributed by atoms with Crippen LogP contribution in [-0.2, 0) is 4.74 Å². The number of aliphatic hydroxyl groups is 1. The number of hydrogen-bond acceptors (Lipinski definition) is 6. The van der Waals surface area contributed by atoms with E-state index in [9.17, 15) is 9.90 Å². The van der Waals surface area contributed by atoms with Crippen LogP contribution in [-0.4, -0.2) is 60.0 Å². The van der Waals surface area contributed by atoms with Crippen LogP contribution in [0.3, 0.4) is 0 Å². The van der Waals surface area contributed by atoms with E-state index in [1.165, 1.54) is 0 Å². The molecule has 2 aliphatic rings. The van der Waals surface area contributed by atoms with E-state index < -0.39 is 17.8 Å². The van der Waals surface area contributed by atoms with Gasteiger partial charge in [-0.25, -0.2) is 0 Å². The normalized spacial score (nSPS) is 21.4. The first-order valence-corrected chi connectivity index (χ1v) is 12.0. The summed E-state index contributed by atoms with van der Waals surface area (Å²) in [5, 5.41) is 11.4. The van der Waals surface area contributed by atoms with Gasteiger partial charge in [-0.05, 0) is 52.0 Å². The number of piperidine rings is 1. The second-order valence-corrected chi connectivity index (χ2v) is 9.58. The molecule has 1 saturated heterocycles. The third kappa shape index (κ3) is 4.72. The summed E-state index contributed by atoms with van der Waals surface area (Å²) < 4.78 is 23.7. The molecule has 2 unspecified atom stereocenters. The van der Waals surface area contributed by atoms with Gasteiger partial charge in [-0.1, -0.05) is 18.2 Å². The Hall–Kier alpha value is -2.77. The molecule has 1 amide bonds. The molecule has 0 aromatic heterocycles. The third-order valence-electron chi connectivity index (χ3n) is 6.45. The highest BCUT2D eigenvalue weighted by Crippen LogP contribution is 2.46. The summed E-state index contributed by atoms with van der Waals surface area (Å²) in [6, 6.07) is 13.0. The number of hydrogen-bond donors (Lipinski definition) is 1. The molecule has 7 heteroatoms. The molecule has 1 N–H and O–H groups in total. The van der Waals surface area contributed by atoms with Crippen LogP contribution in [0.4, 0.5) is 0 Å². The van der Waals surface area contributed by atoms with Gasteiger partial charge in [0.2, 0.25) is 0 Å². The van der Waals surface area contributed by atoms with Crippen LogP contribution in [0, 0.1) is 0 Å². The molecule has 0 bridgehead atoms. The second kappa shape index (κ2) is 9.84. The van der Waals surface area contributed by atoms with E-state index in [0.29, 0.717) is 43.0 Å². The van der Waals surface area contributed by atoms with Gasteiger partial charge in [-0.15, -0.1) is 0 Å². The average molecular weight is 470 g/mol. The largest absolute Gasteiger partial charge is 0.493 e. The minimum atomic E-state index is -0.824. The van der Waals surface area contributed by atoms with Gasteiger partial charge in [-0.3, -0.25) is 4.79 Å². The van der Waals surface area contributed by atoms with Gasteiger partial charge in [0.15, 0.2) is 11.5 Å². The zero-order valence-electron chi connectivity index (χ0n) is 20.6. The molecule has 2 atom stereocenters. The maximum Gasteiger partial charge on any atom is 0.253 e. The third-order valence-corrected chi connectivity index (χ3v) is 6.45. The van der Waals surface area contributed by atoms with Gasteiger partial charge in [0.25, 0.3) is 5.91 Å². The first-order valence-electron chi connectivity index (χ1n) is 12.0. The lowest BCUT2D eigenvalue weighted by molar-refractivity contribution is -0.174. The van der Waals surface area contributed by atoms with Crippen LogP contribution < -0.4 is 14.2 Å². The van der Waals surface area contributed by atoms with Crippen molar-refractivity contribution >= 4 is 5.91 Å². The molecule has 2 aromatic carbocycles. The highest BCUT2D eigenvalue weighted by Gasteiger charge is 2.52. The first-order chi connectivity index (χ1) is 16.2. The molecule has 2 heterocycles. The first kappa shape index (κ1) is 24.4. The van der Waals surface area contributed by atoms with Crippen molar-refractivity contribution in [2.45, 2.75) is 70.6 Å². The fourth-order valence-electron chi connectivity index (χ4n) is 4.80. The van der Waals surface area contributed by atoms with Crippen LogP contribution in [0.25, 0.3) is 0 Å². The van der Waals surface area contributed by atoms with Crippen LogP contribution in [0.5, 0.6) is 17.2 Å². The number of benzene rings is 2. The lowest BCUT2D eigenvalue weighted by Crippen LogP contribution is -2.60.